The van der Waals surface area contributed by atoms with Crippen molar-refractivity contribution in [2.75, 3.05) is 25.5 Å². The largest absolute Gasteiger partial charge is 0.341 e. The predicted molar refractivity (Wildman–Crippen MR) is 56.1 cm³/mol. The van der Waals surface area contributed by atoms with Gasteiger partial charge in [-0.15, -0.1) is 11.6 Å². The van der Waals surface area contributed by atoms with Crippen LogP contribution in [0.1, 0.15) is 19.3 Å². The van der Waals surface area contributed by atoms with E-state index in [0.717, 1.165) is 26.1 Å². The van der Waals surface area contributed by atoms with Gasteiger partial charge in [-0.2, -0.15) is 0 Å². The van der Waals surface area contributed by atoms with Crippen LogP contribution in [0.4, 0.5) is 0 Å². The van der Waals surface area contributed by atoms with Gasteiger partial charge in [0.25, 0.3) is 0 Å². The summed E-state index contributed by atoms with van der Waals surface area (Å²) in [7, 11) is 0. The smallest absolute Gasteiger partial charge is 0.237 e. The van der Waals surface area contributed by atoms with Gasteiger partial charge in [0, 0.05) is 13.1 Å². The first-order chi connectivity index (χ1) is 6.69. The topological polar surface area (TPSA) is 46.3 Å². The summed E-state index contributed by atoms with van der Waals surface area (Å²) < 4.78 is 0. The molecule has 1 spiro atoms. The van der Waals surface area contributed by atoms with Crippen molar-refractivity contribution in [3.05, 3.63) is 0 Å². The average Bonchev–Trinajstić information content (AvgIpc) is 2.58. The molecule has 0 aromatic carbocycles. The van der Waals surface area contributed by atoms with E-state index in [-0.39, 0.29) is 11.8 Å². The highest BCUT2D eigenvalue weighted by Crippen LogP contribution is 2.51. The molecule has 1 saturated heterocycles. The van der Waals surface area contributed by atoms with Crippen LogP contribution in [0, 0.1) is 11.3 Å². The van der Waals surface area contributed by atoms with Gasteiger partial charge in [-0.05, 0) is 37.1 Å². The summed E-state index contributed by atoms with van der Waals surface area (Å²) in [6, 6.07) is 0. The fourth-order valence-corrected chi connectivity index (χ4v) is 3.07. The summed E-state index contributed by atoms with van der Waals surface area (Å²) in [5.74, 6) is 0.900. The zero-order valence-electron chi connectivity index (χ0n) is 8.34. The van der Waals surface area contributed by atoms with Crippen LogP contribution in [0.25, 0.3) is 0 Å². The van der Waals surface area contributed by atoms with Crippen LogP contribution in [0.2, 0.25) is 0 Å². The lowest BCUT2D eigenvalue weighted by molar-refractivity contribution is -0.128. The molecule has 3 nitrogen and oxygen atoms in total. The number of carbonyl (C=O) groups excluding carboxylic acids is 1. The lowest BCUT2D eigenvalue weighted by Gasteiger charge is -2.44. The number of nitrogens with two attached hydrogens (primary N) is 1. The number of likely N-dealkylation sites (tertiary alicyclic amines) is 1. The molecule has 1 saturated carbocycles. The molecule has 0 bridgehead atoms. The van der Waals surface area contributed by atoms with E-state index in [9.17, 15) is 4.79 Å². The molecule has 4 heteroatoms. The van der Waals surface area contributed by atoms with Crippen LogP contribution in [-0.2, 0) is 4.79 Å². The molecular weight excluding hydrogens is 200 g/mol. The Morgan fingerprint density at radius 3 is 2.86 bits per heavy atom. The van der Waals surface area contributed by atoms with E-state index in [4.69, 9.17) is 17.3 Å². The molecule has 1 heterocycles. The third-order valence-electron chi connectivity index (χ3n) is 3.68. The van der Waals surface area contributed by atoms with Gasteiger partial charge in [0.1, 0.15) is 5.88 Å². The molecule has 2 aliphatic rings. The molecule has 0 aromatic rings. The predicted octanol–water partition coefficient (Wildman–Crippen LogP) is 0.813. The minimum absolute atomic E-state index is 0.0831. The van der Waals surface area contributed by atoms with Crippen molar-refractivity contribution in [1.82, 2.24) is 4.90 Å². The number of halogens is 1. The molecule has 1 aliphatic carbocycles. The maximum absolute atomic E-state index is 11.4. The maximum Gasteiger partial charge on any atom is 0.237 e. The molecule has 1 amide bonds. The number of nitrogens with zero attached hydrogens (tertiary/aromatic N) is 1. The molecule has 0 radical (unpaired) electrons. The van der Waals surface area contributed by atoms with E-state index in [1.54, 1.807) is 0 Å². The van der Waals surface area contributed by atoms with Crippen LogP contribution in [-0.4, -0.2) is 36.3 Å². The first-order valence-electron chi connectivity index (χ1n) is 5.23. The van der Waals surface area contributed by atoms with Crippen molar-refractivity contribution in [3.8, 4) is 0 Å². The Balaban J connectivity index is 1.87. The molecule has 80 valence electrons. The third-order valence-corrected chi connectivity index (χ3v) is 3.91. The highest BCUT2D eigenvalue weighted by Gasteiger charge is 2.48. The summed E-state index contributed by atoms with van der Waals surface area (Å²) in [6.07, 6.45) is 3.55. The monoisotopic (exact) mass is 216 g/mol. The quantitative estimate of drug-likeness (QED) is 0.695. The molecule has 2 fully saturated rings. The van der Waals surface area contributed by atoms with Crippen LogP contribution in [0.5, 0.6) is 0 Å². The summed E-state index contributed by atoms with van der Waals surface area (Å²) in [4.78, 5) is 13.3. The highest BCUT2D eigenvalue weighted by atomic mass is 35.5. The Bertz CT molecular complexity index is 238. The van der Waals surface area contributed by atoms with E-state index >= 15 is 0 Å². The molecule has 0 unspecified atom stereocenters. The Morgan fingerprint density at radius 1 is 1.57 bits per heavy atom. The van der Waals surface area contributed by atoms with Gasteiger partial charge in [-0.3, -0.25) is 4.79 Å². The first-order valence-corrected chi connectivity index (χ1v) is 5.76. The molecule has 14 heavy (non-hydrogen) atoms. The zero-order chi connectivity index (χ0) is 10.2. The molecular formula is C10H17ClN2O. The Morgan fingerprint density at radius 2 is 2.29 bits per heavy atom. The van der Waals surface area contributed by atoms with Gasteiger partial charge in [-0.25, -0.2) is 0 Å². The van der Waals surface area contributed by atoms with Crippen molar-refractivity contribution in [3.63, 3.8) is 0 Å². The summed E-state index contributed by atoms with van der Waals surface area (Å²) in [6.45, 7) is 2.60. The first kappa shape index (κ1) is 10.2. The second-order valence-corrected chi connectivity index (χ2v) is 4.98. The lowest BCUT2D eigenvalue weighted by atomic mass is 9.61. The van der Waals surface area contributed by atoms with Crippen molar-refractivity contribution in [2.24, 2.45) is 17.1 Å². The van der Waals surface area contributed by atoms with Crippen molar-refractivity contribution in [1.29, 1.82) is 0 Å². The Kier molecular flexibility index (Phi) is 2.71. The number of alkyl halides is 1. The number of amides is 1. The summed E-state index contributed by atoms with van der Waals surface area (Å²) in [5.41, 5.74) is 6.01. The van der Waals surface area contributed by atoms with Crippen molar-refractivity contribution in [2.45, 2.75) is 19.3 Å². The van der Waals surface area contributed by atoms with Gasteiger partial charge in [0.2, 0.25) is 5.91 Å². The second-order valence-electron chi connectivity index (χ2n) is 4.71. The SMILES string of the molecule is NCC1CC2(CCN(C(=O)CCl)C2)C1. The van der Waals surface area contributed by atoms with Gasteiger partial charge in [0.15, 0.2) is 0 Å². The fraction of sp³-hybridized carbons (Fsp3) is 0.900. The van der Waals surface area contributed by atoms with Crippen molar-refractivity contribution >= 4 is 17.5 Å². The van der Waals surface area contributed by atoms with E-state index in [1.165, 1.54) is 12.8 Å². The van der Waals surface area contributed by atoms with Crippen LogP contribution >= 0.6 is 11.6 Å². The van der Waals surface area contributed by atoms with Crippen molar-refractivity contribution < 1.29 is 4.79 Å². The Labute approximate surface area is 89.6 Å². The summed E-state index contributed by atoms with van der Waals surface area (Å²) >= 11 is 5.53. The standard InChI is InChI=1S/C10H17ClN2O/c11-5-9(14)13-2-1-10(7-13)3-8(4-10)6-12/h8H,1-7,12H2. The number of hydrogen-bond acceptors (Lipinski definition) is 2. The normalized spacial score (nSPS) is 36.1. The minimum atomic E-state index is 0.0831. The van der Waals surface area contributed by atoms with E-state index in [0.29, 0.717) is 11.3 Å². The fourth-order valence-electron chi connectivity index (χ4n) is 2.90. The van der Waals surface area contributed by atoms with Gasteiger partial charge in [0.05, 0.1) is 0 Å². The third kappa shape index (κ3) is 1.63. The number of hydrogen-bond donors (Lipinski definition) is 1. The van der Waals surface area contributed by atoms with E-state index < -0.39 is 0 Å². The van der Waals surface area contributed by atoms with Crippen LogP contribution < -0.4 is 5.73 Å². The lowest BCUT2D eigenvalue weighted by Crippen LogP contribution is -2.43. The maximum atomic E-state index is 11.4. The highest BCUT2D eigenvalue weighted by molar-refractivity contribution is 6.27. The van der Waals surface area contributed by atoms with E-state index in [2.05, 4.69) is 0 Å². The summed E-state index contributed by atoms with van der Waals surface area (Å²) in [5, 5.41) is 0. The zero-order valence-corrected chi connectivity index (χ0v) is 9.09. The van der Waals surface area contributed by atoms with Gasteiger partial charge in [-0.1, -0.05) is 0 Å². The van der Waals surface area contributed by atoms with E-state index in [1.807, 2.05) is 4.90 Å². The molecule has 0 aromatic heterocycles. The second kappa shape index (κ2) is 3.70. The average molecular weight is 217 g/mol. The van der Waals surface area contributed by atoms with Crippen LogP contribution in [0.3, 0.4) is 0 Å². The number of carbonyl (C=O) groups is 1. The van der Waals surface area contributed by atoms with Gasteiger partial charge < -0.3 is 10.6 Å². The Hall–Kier alpha value is -0.280. The van der Waals surface area contributed by atoms with Crippen LogP contribution in [0.15, 0.2) is 0 Å². The minimum Gasteiger partial charge on any atom is -0.341 e. The molecule has 0 atom stereocenters. The molecule has 2 rings (SSSR count). The molecule has 2 N–H and O–H groups in total. The molecule has 1 aliphatic heterocycles. The van der Waals surface area contributed by atoms with Gasteiger partial charge >= 0.3 is 0 Å². The number of rotatable bonds is 2.